The van der Waals surface area contributed by atoms with E-state index in [9.17, 15) is 0 Å². The molecule has 2 aromatic rings. The third kappa shape index (κ3) is 2.62. The lowest BCUT2D eigenvalue weighted by atomic mass is 10.3. The topological polar surface area (TPSA) is 56.7 Å². The summed E-state index contributed by atoms with van der Waals surface area (Å²) < 4.78 is 1.83. The Morgan fingerprint density at radius 1 is 1.47 bits per heavy atom. The van der Waals surface area contributed by atoms with Crippen LogP contribution in [0, 0.1) is 6.92 Å². The van der Waals surface area contributed by atoms with Crippen molar-refractivity contribution in [2.45, 2.75) is 23.5 Å². The lowest BCUT2D eigenvalue weighted by molar-refractivity contribution is 0.688. The molecular formula is C11H13ClN4S. The van der Waals surface area contributed by atoms with Crippen LogP contribution in [-0.2, 0) is 13.6 Å². The number of rotatable bonds is 3. The zero-order valence-electron chi connectivity index (χ0n) is 9.64. The molecule has 6 heteroatoms. The molecular weight excluding hydrogens is 256 g/mol. The van der Waals surface area contributed by atoms with Gasteiger partial charge in [0.05, 0.1) is 10.7 Å². The van der Waals surface area contributed by atoms with Gasteiger partial charge in [0, 0.05) is 25.4 Å². The maximum absolute atomic E-state index is 5.80. The van der Waals surface area contributed by atoms with E-state index in [1.807, 2.05) is 30.8 Å². The van der Waals surface area contributed by atoms with E-state index >= 15 is 0 Å². The fourth-order valence-corrected chi connectivity index (χ4v) is 2.64. The van der Waals surface area contributed by atoms with E-state index in [4.69, 9.17) is 17.3 Å². The van der Waals surface area contributed by atoms with Gasteiger partial charge in [0.1, 0.15) is 10.1 Å². The predicted octanol–water partition coefficient (Wildman–Crippen LogP) is 2.39. The molecule has 90 valence electrons. The van der Waals surface area contributed by atoms with E-state index in [0.717, 1.165) is 21.3 Å². The second-order valence-corrected chi connectivity index (χ2v) is 5.06. The summed E-state index contributed by atoms with van der Waals surface area (Å²) in [7, 11) is 1.91. The second kappa shape index (κ2) is 5.08. The number of nitrogens with two attached hydrogens (primary N) is 1. The van der Waals surface area contributed by atoms with Gasteiger partial charge in [-0.3, -0.25) is 4.68 Å². The Morgan fingerprint density at radius 3 is 2.82 bits per heavy atom. The smallest absolute Gasteiger partial charge is 0.105 e. The maximum atomic E-state index is 5.80. The quantitative estimate of drug-likeness (QED) is 0.929. The van der Waals surface area contributed by atoms with Gasteiger partial charge in [-0.1, -0.05) is 23.4 Å². The standard InChI is InChI=1S/C11H13ClN4S/c1-7-9(5-13)11(16(2)15-7)17-10-4-3-8(12)6-14-10/h3-4,6H,5,13H2,1-2H3. The van der Waals surface area contributed by atoms with Crippen LogP contribution in [0.15, 0.2) is 28.4 Å². The minimum atomic E-state index is 0.482. The minimum Gasteiger partial charge on any atom is -0.326 e. The molecule has 0 radical (unpaired) electrons. The van der Waals surface area contributed by atoms with Gasteiger partial charge in [-0.15, -0.1) is 0 Å². The molecule has 0 aliphatic carbocycles. The molecule has 0 spiro atoms. The molecule has 0 atom stereocenters. The van der Waals surface area contributed by atoms with Gasteiger partial charge in [0.2, 0.25) is 0 Å². The van der Waals surface area contributed by atoms with Gasteiger partial charge in [-0.25, -0.2) is 4.98 Å². The highest BCUT2D eigenvalue weighted by atomic mass is 35.5. The first kappa shape index (κ1) is 12.4. The Labute approximate surface area is 109 Å². The highest BCUT2D eigenvalue weighted by Gasteiger charge is 2.13. The molecule has 2 heterocycles. The Hall–Kier alpha value is -1.04. The van der Waals surface area contributed by atoms with Crippen molar-refractivity contribution in [3.05, 3.63) is 34.6 Å². The van der Waals surface area contributed by atoms with Crippen molar-refractivity contribution in [2.24, 2.45) is 12.8 Å². The van der Waals surface area contributed by atoms with Crippen molar-refractivity contribution in [1.82, 2.24) is 14.8 Å². The molecule has 0 saturated carbocycles. The van der Waals surface area contributed by atoms with Crippen LogP contribution in [0.3, 0.4) is 0 Å². The molecule has 2 N–H and O–H groups in total. The van der Waals surface area contributed by atoms with Crippen molar-refractivity contribution in [2.75, 3.05) is 0 Å². The molecule has 2 rings (SSSR count). The molecule has 0 fully saturated rings. The number of nitrogens with zero attached hydrogens (tertiary/aromatic N) is 3. The minimum absolute atomic E-state index is 0.482. The molecule has 0 bridgehead atoms. The van der Waals surface area contributed by atoms with Gasteiger partial charge < -0.3 is 5.73 Å². The monoisotopic (exact) mass is 268 g/mol. The number of aryl methyl sites for hydroxylation is 2. The maximum Gasteiger partial charge on any atom is 0.105 e. The lowest BCUT2D eigenvalue weighted by Crippen LogP contribution is -1.99. The van der Waals surface area contributed by atoms with Gasteiger partial charge in [0.15, 0.2) is 0 Å². The van der Waals surface area contributed by atoms with E-state index in [1.165, 1.54) is 0 Å². The molecule has 17 heavy (non-hydrogen) atoms. The number of pyridine rings is 1. The van der Waals surface area contributed by atoms with Gasteiger partial charge in [0.25, 0.3) is 0 Å². The van der Waals surface area contributed by atoms with Crippen LogP contribution in [0.2, 0.25) is 5.02 Å². The van der Waals surface area contributed by atoms with Crippen LogP contribution in [0.1, 0.15) is 11.3 Å². The van der Waals surface area contributed by atoms with Crippen LogP contribution in [-0.4, -0.2) is 14.8 Å². The molecule has 0 unspecified atom stereocenters. The van der Waals surface area contributed by atoms with E-state index in [1.54, 1.807) is 18.0 Å². The third-order valence-electron chi connectivity index (χ3n) is 2.39. The predicted molar refractivity (Wildman–Crippen MR) is 69.2 cm³/mol. The van der Waals surface area contributed by atoms with Gasteiger partial charge >= 0.3 is 0 Å². The highest BCUT2D eigenvalue weighted by molar-refractivity contribution is 7.99. The van der Waals surface area contributed by atoms with Gasteiger partial charge in [-0.05, 0) is 19.1 Å². The molecule has 4 nitrogen and oxygen atoms in total. The first-order chi connectivity index (χ1) is 8.11. The number of hydrogen-bond donors (Lipinski definition) is 1. The van der Waals surface area contributed by atoms with Crippen LogP contribution in [0.5, 0.6) is 0 Å². The van der Waals surface area contributed by atoms with Crippen LogP contribution >= 0.6 is 23.4 Å². The molecule has 0 saturated heterocycles. The normalized spacial score (nSPS) is 10.8. The Bertz CT molecular complexity index is 521. The van der Waals surface area contributed by atoms with Crippen molar-refractivity contribution >= 4 is 23.4 Å². The largest absolute Gasteiger partial charge is 0.326 e. The first-order valence-corrected chi connectivity index (χ1v) is 6.33. The van der Waals surface area contributed by atoms with Crippen LogP contribution in [0.4, 0.5) is 0 Å². The summed E-state index contributed by atoms with van der Waals surface area (Å²) >= 11 is 7.34. The first-order valence-electron chi connectivity index (χ1n) is 5.13. The summed E-state index contributed by atoms with van der Waals surface area (Å²) in [6.07, 6.45) is 1.63. The van der Waals surface area contributed by atoms with Crippen LogP contribution < -0.4 is 5.73 Å². The Morgan fingerprint density at radius 2 is 2.24 bits per heavy atom. The van der Waals surface area contributed by atoms with E-state index < -0.39 is 0 Å². The fraction of sp³-hybridized carbons (Fsp3) is 0.273. The van der Waals surface area contributed by atoms with Gasteiger partial charge in [-0.2, -0.15) is 5.10 Å². The summed E-state index contributed by atoms with van der Waals surface area (Å²) in [6, 6.07) is 3.71. The number of halogens is 1. The van der Waals surface area contributed by atoms with Crippen molar-refractivity contribution in [3.63, 3.8) is 0 Å². The SMILES string of the molecule is Cc1nn(C)c(Sc2ccc(Cl)cn2)c1CN. The third-order valence-corrected chi connectivity index (χ3v) is 3.77. The average molecular weight is 269 g/mol. The molecule has 0 amide bonds. The number of hydrogen-bond acceptors (Lipinski definition) is 4. The Balaban J connectivity index is 2.32. The number of aromatic nitrogens is 3. The molecule has 0 aromatic carbocycles. The summed E-state index contributed by atoms with van der Waals surface area (Å²) in [5, 5.41) is 6.90. The lowest BCUT2D eigenvalue weighted by Gasteiger charge is -2.04. The molecule has 0 aliphatic rings. The highest BCUT2D eigenvalue weighted by Crippen LogP contribution is 2.30. The molecule has 0 aliphatic heterocycles. The van der Waals surface area contributed by atoms with Crippen molar-refractivity contribution in [1.29, 1.82) is 0 Å². The zero-order valence-corrected chi connectivity index (χ0v) is 11.2. The molecule has 2 aromatic heterocycles. The Kier molecular flexibility index (Phi) is 3.71. The summed E-state index contributed by atoms with van der Waals surface area (Å²) in [6.45, 7) is 2.44. The summed E-state index contributed by atoms with van der Waals surface area (Å²) in [4.78, 5) is 4.25. The van der Waals surface area contributed by atoms with E-state index in [-0.39, 0.29) is 0 Å². The van der Waals surface area contributed by atoms with Crippen molar-refractivity contribution in [3.8, 4) is 0 Å². The van der Waals surface area contributed by atoms with Crippen LogP contribution in [0.25, 0.3) is 0 Å². The fourth-order valence-electron chi connectivity index (χ4n) is 1.57. The summed E-state index contributed by atoms with van der Waals surface area (Å²) in [5.74, 6) is 0. The van der Waals surface area contributed by atoms with Crippen molar-refractivity contribution < 1.29 is 0 Å². The summed E-state index contributed by atoms with van der Waals surface area (Å²) in [5.41, 5.74) is 7.76. The average Bonchev–Trinajstić information content (AvgIpc) is 2.57. The zero-order chi connectivity index (χ0) is 12.4. The second-order valence-electron chi connectivity index (χ2n) is 3.61. The van der Waals surface area contributed by atoms with E-state index in [2.05, 4.69) is 10.1 Å². The van der Waals surface area contributed by atoms with E-state index in [0.29, 0.717) is 11.6 Å².